The van der Waals surface area contributed by atoms with Crippen molar-refractivity contribution in [1.29, 1.82) is 0 Å². The summed E-state index contributed by atoms with van der Waals surface area (Å²) in [6, 6.07) is 9.74. The van der Waals surface area contributed by atoms with Crippen LogP contribution in [0, 0.1) is 0 Å². The van der Waals surface area contributed by atoms with Gasteiger partial charge in [0.1, 0.15) is 0 Å². The Hall–Kier alpha value is -2.20. The van der Waals surface area contributed by atoms with Crippen molar-refractivity contribution in [3.05, 3.63) is 48.2 Å². The van der Waals surface area contributed by atoms with Crippen molar-refractivity contribution in [2.45, 2.75) is 31.2 Å². The smallest absolute Gasteiger partial charge is 0.244 e. The van der Waals surface area contributed by atoms with Crippen LogP contribution in [0.2, 0.25) is 0 Å². The molecule has 1 aliphatic rings. The summed E-state index contributed by atoms with van der Waals surface area (Å²) in [4.78, 5) is 16.5. The predicted octanol–water partition coefficient (Wildman–Crippen LogP) is 2.67. The third-order valence-electron chi connectivity index (χ3n) is 4.35. The fourth-order valence-electron chi connectivity index (χ4n) is 3.11. The molecule has 1 aromatic heterocycles. The minimum Gasteiger partial charge on any atom is -0.394 e. The van der Waals surface area contributed by atoms with Crippen LogP contribution >= 0.6 is 0 Å². The lowest BCUT2D eigenvalue weighted by Gasteiger charge is -2.27. The van der Waals surface area contributed by atoms with E-state index in [1.54, 1.807) is 12.3 Å². The number of amides is 1. The van der Waals surface area contributed by atoms with Gasteiger partial charge in [0.15, 0.2) is 0 Å². The number of rotatable bonds is 4. The zero-order valence-electron chi connectivity index (χ0n) is 12.5. The summed E-state index contributed by atoms with van der Waals surface area (Å²) < 4.78 is 0. The van der Waals surface area contributed by atoms with Crippen LogP contribution in [-0.4, -0.2) is 28.1 Å². The molecule has 114 valence electrons. The second kappa shape index (κ2) is 6.28. The molecule has 0 unspecified atom stereocenters. The normalized spacial score (nSPS) is 17.1. The minimum absolute atomic E-state index is 0.00473. The van der Waals surface area contributed by atoms with Gasteiger partial charge in [-0.2, -0.15) is 0 Å². The summed E-state index contributed by atoms with van der Waals surface area (Å²) in [6.45, 7) is 0.00473. The molecule has 1 saturated carbocycles. The SMILES string of the molecule is O=C(/C=C/c1ccnc2ccccc12)NC1(CO)CCCC1. The second-order valence-electron chi connectivity index (χ2n) is 5.89. The van der Waals surface area contributed by atoms with Gasteiger partial charge in [-0.3, -0.25) is 9.78 Å². The van der Waals surface area contributed by atoms with Gasteiger partial charge in [0, 0.05) is 17.7 Å². The highest BCUT2D eigenvalue weighted by Crippen LogP contribution is 2.29. The number of nitrogens with one attached hydrogen (secondary N) is 1. The van der Waals surface area contributed by atoms with Gasteiger partial charge in [0.05, 0.1) is 17.7 Å². The maximum absolute atomic E-state index is 12.1. The molecule has 0 bridgehead atoms. The molecule has 1 fully saturated rings. The summed E-state index contributed by atoms with van der Waals surface area (Å²) in [5.41, 5.74) is 1.44. The highest BCUT2D eigenvalue weighted by molar-refractivity contribution is 5.96. The topological polar surface area (TPSA) is 62.2 Å². The molecular formula is C18H20N2O2. The molecule has 1 amide bonds. The number of carbonyl (C=O) groups excluding carboxylic acids is 1. The van der Waals surface area contributed by atoms with Crippen molar-refractivity contribution in [2.24, 2.45) is 0 Å². The third kappa shape index (κ3) is 3.02. The van der Waals surface area contributed by atoms with Crippen LogP contribution in [0.4, 0.5) is 0 Å². The van der Waals surface area contributed by atoms with E-state index in [2.05, 4.69) is 10.3 Å². The van der Waals surface area contributed by atoms with E-state index in [0.29, 0.717) is 0 Å². The average molecular weight is 296 g/mol. The van der Waals surface area contributed by atoms with E-state index >= 15 is 0 Å². The van der Waals surface area contributed by atoms with Gasteiger partial charge in [-0.05, 0) is 36.6 Å². The molecule has 0 aliphatic heterocycles. The number of aliphatic hydroxyl groups is 1. The number of fused-ring (bicyclic) bond motifs is 1. The number of aromatic nitrogens is 1. The molecule has 1 aliphatic carbocycles. The average Bonchev–Trinajstić information content (AvgIpc) is 3.02. The Morgan fingerprint density at radius 1 is 1.27 bits per heavy atom. The van der Waals surface area contributed by atoms with E-state index in [0.717, 1.165) is 42.1 Å². The third-order valence-corrected chi connectivity index (χ3v) is 4.35. The van der Waals surface area contributed by atoms with E-state index in [-0.39, 0.29) is 12.5 Å². The number of carbonyl (C=O) groups is 1. The molecule has 3 rings (SSSR count). The quantitative estimate of drug-likeness (QED) is 0.853. The minimum atomic E-state index is -0.429. The van der Waals surface area contributed by atoms with Crippen LogP contribution in [0.1, 0.15) is 31.2 Å². The summed E-state index contributed by atoms with van der Waals surface area (Å²) in [5.74, 6) is -0.156. The summed E-state index contributed by atoms with van der Waals surface area (Å²) in [7, 11) is 0. The van der Waals surface area contributed by atoms with Gasteiger partial charge in [-0.1, -0.05) is 31.0 Å². The lowest BCUT2D eigenvalue weighted by atomic mass is 9.99. The van der Waals surface area contributed by atoms with Gasteiger partial charge >= 0.3 is 0 Å². The van der Waals surface area contributed by atoms with E-state index in [9.17, 15) is 9.90 Å². The lowest BCUT2D eigenvalue weighted by Crippen LogP contribution is -2.48. The summed E-state index contributed by atoms with van der Waals surface area (Å²) in [6.07, 6.45) is 8.89. The van der Waals surface area contributed by atoms with Crippen molar-refractivity contribution in [3.8, 4) is 0 Å². The maximum Gasteiger partial charge on any atom is 0.244 e. The molecule has 0 radical (unpaired) electrons. The van der Waals surface area contributed by atoms with Gasteiger partial charge in [-0.15, -0.1) is 0 Å². The molecule has 1 heterocycles. The van der Waals surface area contributed by atoms with Crippen molar-refractivity contribution < 1.29 is 9.90 Å². The van der Waals surface area contributed by atoms with Crippen LogP contribution < -0.4 is 5.32 Å². The van der Waals surface area contributed by atoms with Crippen LogP contribution in [-0.2, 0) is 4.79 Å². The molecule has 1 aromatic carbocycles. The largest absolute Gasteiger partial charge is 0.394 e. The zero-order chi connectivity index (χ0) is 15.4. The van der Waals surface area contributed by atoms with E-state index in [1.165, 1.54) is 6.08 Å². The Bertz CT molecular complexity index is 698. The number of hydrogen-bond donors (Lipinski definition) is 2. The van der Waals surface area contributed by atoms with Crippen LogP contribution in [0.5, 0.6) is 0 Å². The fourth-order valence-corrected chi connectivity index (χ4v) is 3.11. The van der Waals surface area contributed by atoms with Gasteiger partial charge in [0.25, 0.3) is 0 Å². The standard InChI is InChI=1S/C18H20N2O2/c21-13-18(10-3-4-11-18)20-17(22)8-7-14-9-12-19-16-6-2-1-5-15(14)16/h1-2,5-9,12,21H,3-4,10-11,13H2,(H,20,22)/b8-7+. The molecule has 22 heavy (non-hydrogen) atoms. The Morgan fingerprint density at radius 2 is 2.05 bits per heavy atom. The second-order valence-corrected chi connectivity index (χ2v) is 5.89. The Morgan fingerprint density at radius 3 is 2.82 bits per heavy atom. The molecule has 4 heteroatoms. The highest BCUT2D eigenvalue weighted by Gasteiger charge is 2.33. The van der Waals surface area contributed by atoms with Crippen molar-refractivity contribution >= 4 is 22.9 Å². The fraction of sp³-hybridized carbons (Fsp3) is 0.333. The Balaban J connectivity index is 1.76. The molecule has 0 spiro atoms. The van der Waals surface area contributed by atoms with Crippen LogP contribution in [0.25, 0.3) is 17.0 Å². The molecule has 2 aromatic rings. The van der Waals surface area contributed by atoms with Gasteiger partial charge in [-0.25, -0.2) is 0 Å². The first-order valence-electron chi connectivity index (χ1n) is 7.67. The van der Waals surface area contributed by atoms with Crippen LogP contribution in [0.3, 0.4) is 0 Å². The number of aliphatic hydroxyl groups excluding tert-OH is 1. The number of pyridine rings is 1. The monoisotopic (exact) mass is 296 g/mol. The lowest BCUT2D eigenvalue weighted by molar-refractivity contribution is -0.118. The van der Waals surface area contributed by atoms with Crippen molar-refractivity contribution in [2.75, 3.05) is 6.61 Å². The summed E-state index contributed by atoms with van der Waals surface area (Å²) in [5, 5.41) is 13.5. The summed E-state index contributed by atoms with van der Waals surface area (Å²) >= 11 is 0. The number of para-hydroxylation sites is 1. The molecule has 0 saturated heterocycles. The van der Waals surface area contributed by atoms with Crippen molar-refractivity contribution in [1.82, 2.24) is 10.3 Å². The number of benzene rings is 1. The Kier molecular flexibility index (Phi) is 4.20. The molecule has 4 nitrogen and oxygen atoms in total. The number of nitrogens with zero attached hydrogens (tertiary/aromatic N) is 1. The first-order chi connectivity index (χ1) is 10.7. The predicted molar refractivity (Wildman–Crippen MR) is 87.2 cm³/mol. The van der Waals surface area contributed by atoms with E-state index < -0.39 is 5.54 Å². The van der Waals surface area contributed by atoms with Gasteiger partial charge < -0.3 is 10.4 Å². The molecule has 2 N–H and O–H groups in total. The van der Waals surface area contributed by atoms with Crippen molar-refractivity contribution in [3.63, 3.8) is 0 Å². The van der Waals surface area contributed by atoms with E-state index in [1.807, 2.05) is 30.3 Å². The maximum atomic E-state index is 12.1. The first-order valence-corrected chi connectivity index (χ1v) is 7.67. The molecule has 0 atom stereocenters. The van der Waals surface area contributed by atoms with Gasteiger partial charge in [0.2, 0.25) is 5.91 Å². The molecular weight excluding hydrogens is 276 g/mol. The first kappa shape index (κ1) is 14.7. The Labute approximate surface area is 129 Å². The van der Waals surface area contributed by atoms with E-state index in [4.69, 9.17) is 0 Å². The number of hydrogen-bond acceptors (Lipinski definition) is 3. The zero-order valence-corrected chi connectivity index (χ0v) is 12.5. The highest BCUT2D eigenvalue weighted by atomic mass is 16.3. The van der Waals surface area contributed by atoms with Crippen LogP contribution in [0.15, 0.2) is 42.6 Å².